The molecule has 21 heavy (non-hydrogen) atoms. The van der Waals surface area contributed by atoms with Crippen molar-refractivity contribution in [1.29, 1.82) is 0 Å². The van der Waals surface area contributed by atoms with Gasteiger partial charge in [-0.3, -0.25) is 0 Å². The van der Waals surface area contributed by atoms with Gasteiger partial charge in [0, 0.05) is 17.1 Å². The number of unbranched alkanes of at least 4 members (excludes halogenated alkanes) is 3. The molecule has 5 nitrogen and oxygen atoms in total. The van der Waals surface area contributed by atoms with Crippen molar-refractivity contribution in [3.05, 3.63) is 22.7 Å². The quantitative estimate of drug-likeness (QED) is 0.680. The van der Waals surface area contributed by atoms with Crippen molar-refractivity contribution >= 4 is 21.6 Å². The van der Waals surface area contributed by atoms with E-state index in [-0.39, 0.29) is 22.3 Å². The lowest BCUT2D eigenvalue weighted by Crippen LogP contribution is -2.25. The van der Waals surface area contributed by atoms with Gasteiger partial charge in [0.2, 0.25) is 10.0 Å². The van der Waals surface area contributed by atoms with Gasteiger partial charge in [-0.05, 0) is 18.6 Å². The van der Waals surface area contributed by atoms with Crippen LogP contribution in [0.15, 0.2) is 17.0 Å². The highest BCUT2D eigenvalue weighted by atomic mass is 35.5. The van der Waals surface area contributed by atoms with Crippen molar-refractivity contribution in [2.75, 3.05) is 13.7 Å². The zero-order valence-corrected chi connectivity index (χ0v) is 13.9. The molecule has 1 rings (SSSR count). The van der Waals surface area contributed by atoms with Crippen LogP contribution in [0.5, 0.6) is 5.75 Å². The normalized spacial score (nSPS) is 11.6. The molecule has 0 bridgehead atoms. The highest BCUT2D eigenvalue weighted by Gasteiger charge is 2.22. The smallest absolute Gasteiger partial charge is 0.244 e. The number of methoxy groups -OCH3 is 1. The van der Waals surface area contributed by atoms with Crippen molar-refractivity contribution in [2.24, 2.45) is 0 Å². The van der Waals surface area contributed by atoms with E-state index in [9.17, 15) is 13.5 Å². The molecule has 0 heterocycles. The zero-order chi connectivity index (χ0) is 15.9. The van der Waals surface area contributed by atoms with Gasteiger partial charge in [0.15, 0.2) is 0 Å². The summed E-state index contributed by atoms with van der Waals surface area (Å²) in [5.41, 5.74) is 0.344. The van der Waals surface area contributed by atoms with E-state index in [0.717, 1.165) is 25.7 Å². The predicted molar refractivity (Wildman–Crippen MR) is 83.3 cm³/mol. The molecule has 0 aliphatic heterocycles. The van der Waals surface area contributed by atoms with Crippen molar-refractivity contribution in [2.45, 2.75) is 44.1 Å². The Morgan fingerprint density at radius 3 is 2.57 bits per heavy atom. The van der Waals surface area contributed by atoms with E-state index in [1.807, 2.05) is 0 Å². The number of hydrogen-bond donors (Lipinski definition) is 2. The molecule has 0 aromatic heterocycles. The topological polar surface area (TPSA) is 75.6 Å². The maximum Gasteiger partial charge on any atom is 0.244 e. The first kappa shape index (κ1) is 18.2. The molecule has 0 atom stereocenters. The second-order valence-electron chi connectivity index (χ2n) is 4.71. The molecule has 1 aromatic carbocycles. The standard InChI is InChI=1S/C14H22ClNO4S/c1-3-4-5-6-7-16-21(18,19)13-9-12(15)8-11(10-17)14(13)20-2/h8-9,16-17H,3-7,10H2,1-2H3. The molecular weight excluding hydrogens is 314 g/mol. The monoisotopic (exact) mass is 335 g/mol. The third-order valence-electron chi connectivity index (χ3n) is 3.08. The fourth-order valence-electron chi connectivity index (χ4n) is 2.01. The van der Waals surface area contributed by atoms with E-state index >= 15 is 0 Å². The summed E-state index contributed by atoms with van der Waals surface area (Å²) in [6, 6.07) is 2.81. The fourth-order valence-corrected chi connectivity index (χ4v) is 3.62. The first-order valence-electron chi connectivity index (χ1n) is 6.93. The Bertz CT molecular complexity index is 560. The molecule has 1 aromatic rings. The van der Waals surface area contributed by atoms with Crippen LogP contribution in [0.1, 0.15) is 38.2 Å². The average molecular weight is 336 g/mol. The predicted octanol–water partition coefficient (Wildman–Crippen LogP) is 2.70. The number of aliphatic hydroxyl groups is 1. The Hall–Kier alpha value is -0.820. The Morgan fingerprint density at radius 1 is 1.29 bits per heavy atom. The Kier molecular flexibility index (Phi) is 7.45. The number of hydrogen-bond acceptors (Lipinski definition) is 4. The zero-order valence-electron chi connectivity index (χ0n) is 12.4. The molecule has 120 valence electrons. The van der Waals surface area contributed by atoms with Crippen LogP contribution in [0.3, 0.4) is 0 Å². The van der Waals surface area contributed by atoms with Gasteiger partial charge < -0.3 is 9.84 Å². The number of aliphatic hydroxyl groups excluding tert-OH is 1. The fraction of sp³-hybridized carbons (Fsp3) is 0.571. The molecule has 0 saturated heterocycles. The van der Waals surface area contributed by atoms with E-state index in [2.05, 4.69) is 11.6 Å². The third kappa shape index (κ3) is 5.14. The highest BCUT2D eigenvalue weighted by Crippen LogP contribution is 2.31. The molecule has 0 unspecified atom stereocenters. The van der Waals surface area contributed by atoms with Crippen LogP contribution in [-0.4, -0.2) is 27.2 Å². The molecular formula is C14H22ClNO4S. The first-order valence-corrected chi connectivity index (χ1v) is 8.79. The first-order chi connectivity index (χ1) is 9.96. The average Bonchev–Trinajstić information content (AvgIpc) is 2.46. The van der Waals surface area contributed by atoms with Crippen LogP contribution < -0.4 is 9.46 Å². The van der Waals surface area contributed by atoms with Crippen LogP contribution in [0.25, 0.3) is 0 Å². The Balaban J connectivity index is 2.94. The van der Waals surface area contributed by atoms with Crippen LogP contribution in [-0.2, 0) is 16.6 Å². The van der Waals surface area contributed by atoms with Gasteiger partial charge in [-0.2, -0.15) is 0 Å². The Morgan fingerprint density at radius 2 is 2.00 bits per heavy atom. The van der Waals surface area contributed by atoms with Gasteiger partial charge >= 0.3 is 0 Å². The van der Waals surface area contributed by atoms with Crippen molar-refractivity contribution in [1.82, 2.24) is 4.72 Å². The van der Waals surface area contributed by atoms with E-state index in [1.165, 1.54) is 19.2 Å². The van der Waals surface area contributed by atoms with Gasteiger partial charge in [-0.1, -0.05) is 37.8 Å². The van der Waals surface area contributed by atoms with Gasteiger partial charge in [-0.15, -0.1) is 0 Å². The largest absolute Gasteiger partial charge is 0.495 e. The summed E-state index contributed by atoms with van der Waals surface area (Å²) in [7, 11) is -2.35. The van der Waals surface area contributed by atoms with Crippen molar-refractivity contribution < 1.29 is 18.3 Å². The summed E-state index contributed by atoms with van der Waals surface area (Å²) in [5.74, 6) is 0.128. The lowest BCUT2D eigenvalue weighted by atomic mass is 10.2. The maximum atomic E-state index is 12.3. The SMILES string of the molecule is CCCCCCNS(=O)(=O)c1cc(Cl)cc(CO)c1OC. The number of ether oxygens (including phenoxy) is 1. The molecule has 0 saturated carbocycles. The van der Waals surface area contributed by atoms with Crippen LogP contribution >= 0.6 is 11.6 Å². The number of rotatable bonds is 9. The number of halogens is 1. The van der Waals surface area contributed by atoms with Crippen molar-refractivity contribution in [3.63, 3.8) is 0 Å². The van der Waals surface area contributed by atoms with Gasteiger partial charge in [0.25, 0.3) is 0 Å². The summed E-state index contributed by atoms with van der Waals surface area (Å²) in [6.45, 7) is 2.12. The number of benzene rings is 1. The van der Waals surface area contributed by atoms with Crippen molar-refractivity contribution in [3.8, 4) is 5.75 Å². The lowest BCUT2D eigenvalue weighted by Gasteiger charge is -2.14. The summed E-state index contributed by atoms with van der Waals surface area (Å²) < 4.78 is 32.3. The van der Waals surface area contributed by atoms with E-state index in [4.69, 9.17) is 16.3 Å². The Labute approximate surface area is 131 Å². The second kappa shape index (κ2) is 8.58. The molecule has 0 radical (unpaired) electrons. The van der Waals surface area contributed by atoms with Gasteiger partial charge in [0.1, 0.15) is 10.6 Å². The molecule has 0 aliphatic carbocycles. The van der Waals surface area contributed by atoms with Crippen LogP contribution in [0.4, 0.5) is 0 Å². The minimum Gasteiger partial charge on any atom is -0.495 e. The highest BCUT2D eigenvalue weighted by molar-refractivity contribution is 7.89. The lowest BCUT2D eigenvalue weighted by molar-refractivity contribution is 0.272. The van der Waals surface area contributed by atoms with Gasteiger partial charge in [0.05, 0.1) is 13.7 Å². The molecule has 0 spiro atoms. The summed E-state index contributed by atoms with van der Waals surface area (Å²) >= 11 is 5.91. The summed E-state index contributed by atoms with van der Waals surface area (Å²) in [5, 5.41) is 9.53. The number of sulfonamides is 1. The minimum atomic E-state index is -3.72. The maximum absolute atomic E-state index is 12.3. The molecule has 0 amide bonds. The molecule has 0 fully saturated rings. The van der Waals surface area contributed by atoms with E-state index in [1.54, 1.807) is 0 Å². The number of nitrogens with one attached hydrogen (secondary N) is 1. The second-order valence-corrected chi connectivity index (χ2v) is 6.88. The van der Waals surface area contributed by atoms with Crippen LogP contribution in [0.2, 0.25) is 5.02 Å². The van der Waals surface area contributed by atoms with Crippen LogP contribution in [0, 0.1) is 0 Å². The van der Waals surface area contributed by atoms with Gasteiger partial charge in [-0.25, -0.2) is 13.1 Å². The van der Waals surface area contributed by atoms with E-state index in [0.29, 0.717) is 12.1 Å². The summed E-state index contributed by atoms with van der Waals surface area (Å²) in [6.07, 6.45) is 3.93. The molecule has 2 N–H and O–H groups in total. The molecule has 0 aliphatic rings. The van der Waals surface area contributed by atoms with E-state index < -0.39 is 10.0 Å². The molecule has 7 heteroatoms. The summed E-state index contributed by atoms with van der Waals surface area (Å²) in [4.78, 5) is -0.0444. The minimum absolute atomic E-state index is 0.0444. The third-order valence-corrected chi connectivity index (χ3v) is 4.77.